The van der Waals surface area contributed by atoms with Crippen LogP contribution in [0, 0.1) is 26.0 Å². The van der Waals surface area contributed by atoms with Crippen LogP contribution in [0.5, 0.6) is 0 Å². The Hall–Kier alpha value is -6.22. The van der Waals surface area contributed by atoms with Crippen molar-refractivity contribution in [2.45, 2.75) is 19.3 Å². The standard InChI is InChI=1S/C52H38N4.Pt/c1-34-14-12-15-35(2)51(34)36-28-29-53-50(30-36)56-46-23-9-6-20-42(46)43-27-26-38(32-49(43)56)52(44-21-7-4-18-40(44)41-19-5-8-22-45(41)52)37-16-13-17-39(31-37)55-33-54(3)47-24-10-11-25-48(47)55;/h4-30H,33H2,1-3H3;/q-2;+2/i3D3;. The Morgan fingerprint density at radius 3 is 2.07 bits per heavy atom. The summed E-state index contributed by atoms with van der Waals surface area (Å²) < 4.78 is 27.4. The quantitative estimate of drug-likeness (QED) is 0.161. The summed E-state index contributed by atoms with van der Waals surface area (Å²) in [5.41, 5.74) is 14.8. The maximum absolute atomic E-state index is 8.37. The maximum Gasteiger partial charge on any atom is 2.00 e. The smallest absolute Gasteiger partial charge is 0.355 e. The van der Waals surface area contributed by atoms with Crippen LogP contribution in [-0.2, 0) is 26.5 Å². The van der Waals surface area contributed by atoms with Gasteiger partial charge in [-0.15, -0.1) is 22.6 Å². The molecule has 9 aromatic rings. The van der Waals surface area contributed by atoms with E-state index in [-0.39, 0.29) is 27.7 Å². The fraction of sp³-hybridized carbons (Fsp3) is 0.0962. The van der Waals surface area contributed by atoms with Crippen LogP contribution in [0.4, 0.5) is 17.1 Å². The predicted molar refractivity (Wildman–Crippen MR) is 230 cm³/mol. The average molecular weight is 917 g/mol. The van der Waals surface area contributed by atoms with Crippen LogP contribution >= 0.6 is 0 Å². The minimum absolute atomic E-state index is 0. The summed E-state index contributed by atoms with van der Waals surface area (Å²) in [7, 11) is 0. The predicted octanol–water partition coefficient (Wildman–Crippen LogP) is 12.0. The van der Waals surface area contributed by atoms with Crippen LogP contribution < -0.4 is 9.80 Å². The molecule has 11 rings (SSSR count). The number of para-hydroxylation sites is 3. The van der Waals surface area contributed by atoms with Gasteiger partial charge in [-0.05, 0) is 94.1 Å². The number of pyridine rings is 1. The molecule has 4 nitrogen and oxygen atoms in total. The van der Waals surface area contributed by atoms with Crippen molar-refractivity contribution in [2.24, 2.45) is 0 Å². The molecule has 0 N–H and O–H groups in total. The van der Waals surface area contributed by atoms with Gasteiger partial charge >= 0.3 is 21.1 Å². The minimum Gasteiger partial charge on any atom is -0.355 e. The number of rotatable bonds is 5. The Labute approximate surface area is 352 Å². The number of nitrogens with zero attached hydrogens (tertiary/aromatic N) is 4. The van der Waals surface area contributed by atoms with Gasteiger partial charge in [0.15, 0.2) is 0 Å². The van der Waals surface area contributed by atoms with Gasteiger partial charge < -0.3 is 14.4 Å². The summed E-state index contributed by atoms with van der Waals surface area (Å²) >= 11 is 0. The van der Waals surface area contributed by atoms with Gasteiger partial charge in [0.2, 0.25) is 0 Å². The molecule has 1 aliphatic heterocycles. The number of hydrogen-bond acceptors (Lipinski definition) is 3. The number of aromatic nitrogens is 2. The summed E-state index contributed by atoms with van der Waals surface area (Å²) in [6, 6.07) is 63.0. The van der Waals surface area contributed by atoms with Crippen molar-refractivity contribution in [3.63, 3.8) is 0 Å². The third-order valence-electron chi connectivity index (χ3n) is 11.9. The molecule has 0 amide bonds. The molecule has 7 aromatic carbocycles. The van der Waals surface area contributed by atoms with Gasteiger partial charge in [-0.2, -0.15) is 36.4 Å². The molecule has 5 heteroatoms. The Bertz CT molecular complexity index is 3080. The molecule has 276 valence electrons. The van der Waals surface area contributed by atoms with E-state index in [0.29, 0.717) is 5.69 Å². The Kier molecular flexibility index (Phi) is 7.54. The zero-order valence-corrected chi connectivity index (χ0v) is 33.7. The van der Waals surface area contributed by atoms with E-state index in [1.807, 2.05) is 36.5 Å². The molecule has 2 aromatic heterocycles. The first-order valence-corrected chi connectivity index (χ1v) is 19.1. The van der Waals surface area contributed by atoms with Crippen molar-refractivity contribution in [2.75, 3.05) is 23.4 Å². The molecule has 1 aliphatic carbocycles. The maximum atomic E-state index is 8.37. The molecule has 57 heavy (non-hydrogen) atoms. The summed E-state index contributed by atoms with van der Waals surface area (Å²) in [6.45, 7) is 2.21. The molecule has 0 bridgehead atoms. The minimum atomic E-state index is -2.30. The number of benzene rings is 7. The third-order valence-corrected chi connectivity index (χ3v) is 11.9. The third kappa shape index (κ3) is 5.13. The number of anilines is 3. The molecule has 0 saturated heterocycles. The van der Waals surface area contributed by atoms with Crippen LogP contribution in [0.3, 0.4) is 0 Å². The molecule has 0 fully saturated rings. The van der Waals surface area contributed by atoms with Crippen molar-refractivity contribution in [3.8, 4) is 28.1 Å². The Morgan fingerprint density at radius 2 is 1.30 bits per heavy atom. The number of hydrogen-bond donors (Lipinski definition) is 0. The van der Waals surface area contributed by atoms with Gasteiger partial charge in [-0.3, -0.25) is 0 Å². The van der Waals surface area contributed by atoms with Crippen LogP contribution in [0.2, 0.25) is 0 Å². The first kappa shape index (κ1) is 31.9. The van der Waals surface area contributed by atoms with E-state index >= 15 is 0 Å². The Balaban J connectivity index is 0.00000433. The second kappa shape index (κ2) is 13.5. The van der Waals surface area contributed by atoms with Gasteiger partial charge in [0.1, 0.15) is 5.82 Å². The zero-order chi connectivity index (χ0) is 40.0. The van der Waals surface area contributed by atoms with Crippen LogP contribution in [-0.4, -0.2) is 23.2 Å². The van der Waals surface area contributed by atoms with E-state index in [0.717, 1.165) is 66.8 Å². The largest absolute Gasteiger partial charge is 2.00 e. The van der Waals surface area contributed by atoms with E-state index in [1.54, 1.807) is 0 Å². The molecule has 2 aliphatic rings. The second-order valence-electron chi connectivity index (χ2n) is 14.9. The van der Waals surface area contributed by atoms with Gasteiger partial charge in [-0.25, -0.2) is 4.98 Å². The first-order chi connectivity index (χ1) is 28.7. The monoisotopic (exact) mass is 916 g/mol. The normalized spacial score (nSPS) is 14.7. The van der Waals surface area contributed by atoms with E-state index < -0.39 is 12.4 Å². The van der Waals surface area contributed by atoms with Crippen molar-refractivity contribution < 1.29 is 25.2 Å². The second-order valence-corrected chi connectivity index (χ2v) is 14.9. The van der Waals surface area contributed by atoms with E-state index in [1.165, 1.54) is 32.7 Å². The van der Waals surface area contributed by atoms with Gasteiger partial charge in [0.25, 0.3) is 0 Å². The van der Waals surface area contributed by atoms with Crippen molar-refractivity contribution >= 4 is 38.9 Å². The summed E-state index contributed by atoms with van der Waals surface area (Å²) in [6.07, 6.45) is 1.91. The van der Waals surface area contributed by atoms with Crippen LogP contribution in [0.15, 0.2) is 164 Å². The fourth-order valence-corrected chi connectivity index (χ4v) is 9.53. The molecule has 0 atom stereocenters. The van der Waals surface area contributed by atoms with Gasteiger partial charge in [0, 0.05) is 28.2 Å². The number of aryl methyl sites for hydroxylation is 2. The van der Waals surface area contributed by atoms with Crippen molar-refractivity contribution in [3.05, 3.63) is 209 Å². The van der Waals surface area contributed by atoms with Crippen molar-refractivity contribution in [1.29, 1.82) is 0 Å². The SMILES string of the molecule is [2H]C([2H])([2H])N1CN(c2[c-]c(C3(c4[c-]c5c(cc4)c4ccccc4n5-c4cc(-c5c(C)cccc5C)ccn4)c4ccccc4-c4ccccc43)ccc2)c2ccccc21.[Pt+2]. The van der Waals surface area contributed by atoms with Gasteiger partial charge in [0.05, 0.1) is 18.0 Å². The molecule has 3 heterocycles. The molecule has 0 spiro atoms. The van der Waals surface area contributed by atoms with E-state index in [4.69, 9.17) is 9.10 Å². The van der Waals surface area contributed by atoms with Crippen molar-refractivity contribution in [1.82, 2.24) is 9.55 Å². The molecular weight excluding hydrogens is 876 g/mol. The van der Waals surface area contributed by atoms with Crippen LogP contribution in [0.1, 0.15) is 37.5 Å². The average Bonchev–Trinajstić information content (AvgIpc) is 3.91. The van der Waals surface area contributed by atoms with E-state index in [9.17, 15) is 0 Å². The number of fused-ring (bicyclic) bond motifs is 7. The van der Waals surface area contributed by atoms with E-state index in [2.05, 4.69) is 163 Å². The zero-order valence-electron chi connectivity index (χ0n) is 34.4. The molecule has 0 unspecified atom stereocenters. The first-order valence-electron chi connectivity index (χ1n) is 20.6. The summed E-state index contributed by atoms with van der Waals surface area (Å²) in [4.78, 5) is 8.58. The van der Waals surface area contributed by atoms with Crippen LogP contribution in [0.25, 0.3) is 49.9 Å². The van der Waals surface area contributed by atoms with Gasteiger partial charge in [-0.1, -0.05) is 108 Å². The molecular formula is C52H38N4Pt. The Morgan fingerprint density at radius 1 is 0.632 bits per heavy atom. The summed E-state index contributed by atoms with van der Waals surface area (Å²) in [5.74, 6) is 0.825. The molecule has 0 saturated carbocycles. The fourth-order valence-electron chi connectivity index (χ4n) is 9.53. The topological polar surface area (TPSA) is 24.3 Å². The molecule has 0 radical (unpaired) electrons. The summed E-state index contributed by atoms with van der Waals surface area (Å²) in [5, 5.41) is 2.22.